The summed E-state index contributed by atoms with van der Waals surface area (Å²) in [4.78, 5) is 15.9. The van der Waals surface area contributed by atoms with Gasteiger partial charge in [-0.2, -0.15) is 0 Å². The van der Waals surface area contributed by atoms with Crippen molar-refractivity contribution in [1.29, 1.82) is 0 Å². The Morgan fingerprint density at radius 1 is 1.17 bits per heavy atom. The number of hydrogen-bond acceptors (Lipinski definition) is 4. The molecule has 0 fully saturated rings. The van der Waals surface area contributed by atoms with Crippen LogP contribution in [0.5, 0.6) is 0 Å². The molecule has 0 saturated carbocycles. The molecule has 1 amide bonds. The standard InChI is InChI=1S/C16H17Cl2N3O2/c1-16(2,3)23-15(22)20-11-5-7-14(19-9-11)21-13-6-4-10(17)8-12(13)18/h4-9H,1-3H3,(H,19,21)(H,20,22). The Kier molecular flexibility index (Phi) is 5.34. The molecule has 7 heteroatoms. The number of hydrogen-bond donors (Lipinski definition) is 2. The van der Waals surface area contributed by atoms with Crippen molar-refractivity contribution in [2.24, 2.45) is 0 Å². The number of aromatic nitrogens is 1. The van der Waals surface area contributed by atoms with Crippen LogP contribution >= 0.6 is 23.2 Å². The van der Waals surface area contributed by atoms with Crippen LogP contribution in [0.1, 0.15) is 20.8 Å². The molecule has 0 aliphatic heterocycles. The minimum atomic E-state index is -0.551. The number of benzene rings is 1. The lowest BCUT2D eigenvalue weighted by atomic mass is 10.2. The Morgan fingerprint density at radius 2 is 1.91 bits per heavy atom. The van der Waals surface area contributed by atoms with Crippen LogP contribution in [0.15, 0.2) is 36.5 Å². The summed E-state index contributed by atoms with van der Waals surface area (Å²) < 4.78 is 5.17. The van der Waals surface area contributed by atoms with Crippen LogP contribution in [0.3, 0.4) is 0 Å². The van der Waals surface area contributed by atoms with Crippen molar-refractivity contribution in [3.63, 3.8) is 0 Å². The summed E-state index contributed by atoms with van der Waals surface area (Å²) in [7, 11) is 0. The van der Waals surface area contributed by atoms with Gasteiger partial charge in [-0.25, -0.2) is 9.78 Å². The molecule has 0 bridgehead atoms. The van der Waals surface area contributed by atoms with Gasteiger partial charge in [-0.1, -0.05) is 23.2 Å². The topological polar surface area (TPSA) is 63.2 Å². The smallest absolute Gasteiger partial charge is 0.412 e. The number of pyridine rings is 1. The second-order valence-corrected chi connectivity index (χ2v) is 6.65. The quantitative estimate of drug-likeness (QED) is 0.766. The highest BCUT2D eigenvalue weighted by Crippen LogP contribution is 2.27. The molecule has 2 rings (SSSR count). The molecule has 0 spiro atoms. The first-order valence-electron chi connectivity index (χ1n) is 6.91. The number of carbonyl (C=O) groups is 1. The fraction of sp³-hybridized carbons (Fsp3) is 0.250. The summed E-state index contributed by atoms with van der Waals surface area (Å²) >= 11 is 11.9. The summed E-state index contributed by atoms with van der Waals surface area (Å²) in [5, 5.41) is 6.74. The third-order valence-electron chi connectivity index (χ3n) is 2.60. The maximum Gasteiger partial charge on any atom is 0.412 e. The van der Waals surface area contributed by atoms with E-state index in [2.05, 4.69) is 15.6 Å². The molecule has 0 unspecified atom stereocenters. The van der Waals surface area contributed by atoms with Crippen LogP contribution in [-0.2, 0) is 4.74 Å². The van der Waals surface area contributed by atoms with E-state index in [9.17, 15) is 4.79 Å². The minimum absolute atomic E-state index is 0.496. The highest BCUT2D eigenvalue weighted by atomic mass is 35.5. The zero-order chi connectivity index (χ0) is 17.0. The van der Waals surface area contributed by atoms with Gasteiger partial charge in [0.1, 0.15) is 11.4 Å². The lowest BCUT2D eigenvalue weighted by molar-refractivity contribution is 0.0636. The zero-order valence-corrected chi connectivity index (χ0v) is 14.5. The van der Waals surface area contributed by atoms with Gasteiger partial charge in [0.05, 0.1) is 22.6 Å². The first kappa shape index (κ1) is 17.4. The zero-order valence-electron chi connectivity index (χ0n) is 13.0. The number of amides is 1. The van der Waals surface area contributed by atoms with E-state index >= 15 is 0 Å². The normalized spacial score (nSPS) is 11.0. The Hall–Kier alpha value is -1.98. The van der Waals surface area contributed by atoms with E-state index < -0.39 is 11.7 Å². The molecule has 2 N–H and O–H groups in total. The van der Waals surface area contributed by atoms with Gasteiger partial charge in [-0.15, -0.1) is 0 Å². The average Bonchev–Trinajstić information content (AvgIpc) is 2.42. The molecule has 1 heterocycles. The van der Waals surface area contributed by atoms with Crippen LogP contribution in [-0.4, -0.2) is 16.7 Å². The summed E-state index contributed by atoms with van der Waals surface area (Å²) in [6.07, 6.45) is 0.997. The number of anilines is 3. The Balaban J connectivity index is 2.01. The SMILES string of the molecule is CC(C)(C)OC(=O)Nc1ccc(Nc2ccc(Cl)cc2Cl)nc1. The second kappa shape index (κ2) is 7.06. The first-order chi connectivity index (χ1) is 10.7. The number of nitrogens with one attached hydrogen (secondary N) is 2. The number of nitrogens with zero attached hydrogens (tertiary/aromatic N) is 1. The molecule has 1 aromatic heterocycles. The van der Waals surface area contributed by atoms with Crippen molar-refractivity contribution in [3.8, 4) is 0 Å². The van der Waals surface area contributed by atoms with Gasteiger partial charge in [0.25, 0.3) is 0 Å². The molecule has 122 valence electrons. The van der Waals surface area contributed by atoms with Gasteiger partial charge in [0.15, 0.2) is 0 Å². The van der Waals surface area contributed by atoms with Crippen molar-refractivity contribution >= 4 is 46.5 Å². The molecule has 0 radical (unpaired) electrons. The Labute approximate surface area is 145 Å². The highest BCUT2D eigenvalue weighted by molar-refractivity contribution is 6.36. The van der Waals surface area contributed by atoms with Crippen molar-refractivity contribution in [2.45, 2.75) is 26.4 Å². The van der Waals surface area contributed by atoms with Gasteiger partial charge < -0.3 is 10.1 Å². The van der Waals surface area contributed by atoms with Gasteiger partial charge in [-0.3, -0.25) is 5.32 Å². The van der Waals surface area contributed by atoms with Gasteiger partial charge in [0.2, 0.25) is 0 Å². The fourth-order valence-electron chi connectivity index (χ4n) is 1.69. The maximum absolute atomic E-state index is 11.7. The monoisotopic (exact) mass is 353 g/mol. The van der Waals surface area contributed by atoms with Crippen LogP contribution in [0.2, 0.25) is 10.0 Å². The highest BCUT2D eigenvalue weighted by Gasteiger charge is 2.16. The molecule has 0 atom stereocenters. The van der Waals surface area contributed by atoms with Gasteiger partial charge >= 0.3 is 6.09 Å². The third-order valence-corrected chi connectivity index (χ3v) is 3.15. The van der Waals surface area contributed by atoms with Crippen LogP contribution in [0.4, 0.5) is 22.0 Å². The van der Waals surface area contributed by atoms with E-state index in [0.29, 0.717) is 27.2 Å². The van der Waals surface area contributed by atoms with Crippen molar-refractivity contribution in [2.75, 3.05) is 10.6 Å². The molecule has 2 aromatic rings. The van der Waals surface area contributed by atoms with Gasteiger partial charge in [0, 0.05) is 5.02 Å². The van der Waals surface area contributed by atoms with Crippen LogP contribution < -0.4 is 10.6 Å². The van der Waals surface area contributed by atoms with Crippen molar-refractivity contribution in [1.82, 2.24) is 4.98 Å². The molecular weight excluding hydrogens is 337 g/mol. The Morgan fingerprint density at radius 3 is 2.48 bits per heavy atom. The predicted molar refractivity (Wildman–Crippen MR) is 93.8 cm³/mol. The number of halogens is 2. The summed E-state index contributed by atoms with van der Waals surface area (Å²) in [5.41, 5.74) is 0.674. The van der Waals surface area contributed by atoms with E-state index in [1.54, 1.807) is 51.1 Å². The number of rotatable bonds is 3. The minimum Gasteiger partial charge on any atom is -0.444 e. The second-order valence-electron chi connectivity index (χ2n) is 5.81. The van der Waals surface area contributed by atoms with E-state index in [1.165, 1.54) is 6.20 Å². The average molecular weight is 354 g/mol. The Bertz CT molecular complexity index is 697. The van der Waals surface area contributed by atoms with E-state index in [0.717, 1.165) is 0 Å². The van der Waals surface area contributed by atoms with E-state index in [4.69, 9.17) is 27.9 Å². The molecule has 0 saturated heterocycles. The molecule has 1 aromatic carbocycles. The van der Waals surface area contributed by atoms with Crippen LogP contribution in [0, 0.1) is 0 Å². The molecule has 0 aliphatic carbocycles. The summed E-state index contributed by atoms with van der Waals surface area (Å²) in [6.45, 7) is 5.40. The molecular formula is C16H17Cl2N3O2. The van der Waals surface area contributed by atoms with E-state index in [-0.39, 0.29) is 0 Å². The molecule has 0 aliphatic rings. The first-order valence-corrected chi connectivity index (χ1v) is 7.67. The lowest BCUT2D eigenvalue weighted by Crippen LogP contribution is -2.27. The summed E-state index contributed by atoms with van der Waals surface area (Å²) in [5.74, 6) is 0.587. The van der Waals surface area contributed by atoms with Crippen LogP contribution in [0.25, 0.3) is 0 Å². The third kappa shape index (κ3) is 5.62. The lowest BCUT2D eigenvalue weighted by Gasteiger charge is -2.19. The van der Waals surface area contributed by atoms with Gasteiger partial charge in [-0.05, 0) is 51.1 Å². The van der Waals surface area contributed by atoms with Crippen molar-refractivity contribution in [3.05, 3.63) is 46.6 Å². The largest absolute Gasteiger partial charge is 0.444 e. The molecule has 23 heavy (non-hydrogen) atoms. The maximum atomic E-state index is 11.7. The fourth-order valence-corrected chi connectivity index (χ4v) is 2.15. The number of ether oxygens (including phenoxy) is 1. The van der Waals surface area contributed by atoms with Crippen molar-refractivity contribution < 1.29 is 9.53 Å². The molecule has 5 nitrogen and oxygen atoms in total. The predicted octanol–water partition coefficient (Wildman–Crippen LogP) is 5.48. The van der Waals surface area contributed by atoms with E-state index in [1.807, 2.05) is 0 Å². The number of carbonyl (C=O) groups excluding carboxylic acids is 1. The summed E-state index contributed by atoms with van der Waals surface area (Å²) in [6, 6.07) is 8.57.